The van der Waals surface area contributed by atoms with Crippen molar-refractivity contribution in [3.05, 3.63) is 71.8 Å². The van der Waals surface area contributed by atoms with Gasteiger partial charge in [0, 0.05) is 12.3 Å². The molecule has 2 aromatic carbocycles. The van der Waals surface area contributed by atoms with E-state index in [1.54, 1.807) is 0 Å². The lowest BCUT2D eigenvalue weighted by Gasteiger charge is -2.24. The summed E-state index contributed by atoms with van der Waals surface area (Å²) in [7, 11) is 1.34. The Morgan fingerprint density at radius 2 is 1.38 bits per heavy atom. The molecule has 0 aromatic heterocycles. The molecule has 0 aliphatic heterocycles. The number of hydrogen-bond acceptors (Lipinski definition) is 3. The van der Waals surface area contributed by atoms with Crippen molar-refractivity contribution in [1.82, 2.24) is 5.32 Å². The predicted octanol–water partition coefficient (Wildman–Crippen LogP) is 3.40. The number of esters is 1. The van der Waals surface area contributed by atoms with Crippen LogP contribution in [0.4, 0.5) is 0 Å². The standard InChI is InChI=1S/C22H27NO3/c1-16(2)19(14-17-10-6-4-7-11-17)21(24)23-20(22(25)26-3)15-18-12-8-5-9-13-18/h4-13,16,19-20H,14-15H2,1-3H3,(H,23,24)/t19-,20+/m1/s1. The molecular weight excluding hydrogens is 326 g/mol. The highest BCUT2D eigenvalue weighted by molar-refractivity contribution is 5.86. The molecule has 0 radical (unpaired) electrons. The summed E-state index contributed by atoms with van der Waals surface area (Å²) in [6.45, 7) is 4.05. The van der Waals surface area contributed by atoms with E-state index in [-0.39, 0.29) is 17.7 Å². The second-order valence-electron chi connectivity index (χ2n) is 6.81. The van der Waals surface area contributed by atoms with Gasteiger partial charge in [0.2, 0.25) is 5.91 Å². The van der Waals surface area contributed by atoms with Gasteiger partial charge in [-0.05, 0) is 23.5 Å². The van der Waals surface area contributed by atoms with E-state index >= 15 is 0 Å². The molecular formula is C22H27NO3. The van der Waals surface area contributed by atoms with E-state index in [9.17, 15) is 9.59 Å². The molecule has 2 atom stereocenters. The lowest BCUT2D eigenvalue weighted by Crippen LogP contribution is -2.46. The first-order valence-electron chi connectivity index (χ1n) is 8.97. The Morgan fingerprint density at radius 1 is 0.885 bits per heavy atom. The Hall–Kier alpha value is -2.62. The normalized spacial score (nSPS) is 13.1. The first-order valence-corrected chi connectivity index (χ1v) is 8.97. The fourth-order valence-corrected chi connectivity index (χ4v) is 2.96. The number of benzene rings is 2. The van der Waals surface area contributed by atoms with Gasteiger partial charge in [-0.2, -0.15) is 0 Å². The van der Waals surface area contributed by atoms with Crippen LogP contribution in [0.5, 0.6) is 0 Å². The minimum atomic E-state index is -0.688. The zero-order valence-corrected chi connectivity index (χ0v) is 15.6. The smallest absolute Gasteiger partial charge is 0.328 e. The highest BCUT2D eigenvalue weighted by Gasteiger charge is 2.28. The van der Waals surface area contributed by atoms with Crippen LogP contribution in [0.1, 0.15) is 25.0 Å². The van der Waals surface area contributed by atoms with Crippen LogP contribution in [-0.4, -0.2) is 25.0 Å². The molecule has 0 aliphatic rings. The maximum Gasteiger partial charge on any atom is 0.328 e. The van der Waals surface area contributed by atoms with E-state index in [4.69, 9.17) is 4.74 Å². The predicted molar refractivity (Wildman–Crippen MR) is 103 cm³/mol. The molecule has 1 amide bonds. The van der Waals surface area contributed by atoms with E-state index in [0.717, 1.165) is 11.1 Å². The quantitative estimate of drug-likeness (QED) is 0.740. The maximum absolute atomic E-state index is 12.9. The van der Waals surface area contributed by atoms with Gasteiger partial charge in [0.05, 0.1) is 7.11 Å². The van der Waals surface area contributed by atoms with Crippen molar-refractivity contribution in [2.45, 2.75) is 32.7 Å². The average Bonchev–Trinajstić information content (AvgIpc) is 2.66. The minimum absolute atomic E-state index is 0.116. The molecule has 0 heterocycles. The van der Waals surface area contributed by atoms with Gasteiger partial charge < -0.3 is 10.1 Å². The summed E-state index contributed by atoms with van der Waals surface area (Å²) in [4.78, 5) is 25.1. The number of rotatable bonds is 8. The Morgan fingerprint density at radius 3 is 1.85 bits per heavy atom. The Balaban J connectivity index is 2.11. The van der Waals surface area contributed by atoms with Crippen LogP contribution < -0.4 is 5.32 Å². The van der Waals surface area contributed by atoms with Crippen molar-refractivity contribution in [2.75, 3.05) is 7.11 Å². The van der Waals surface area contributed by atoms with Crippen molar-refractivity contribution >= 4 is 11.9 Å². The largest absolute Gasteiger partial charge is 0.467 e. The van der Waals surface area contributed by atoms with Crippen LogP contribution >= 0.6 is 0 Å². The van der Waals surface area contributed by atoms with Gasteiger partial charge >= 0.3 is 5.97 Å². The maximum atomic E-state index is 12.9. The summed E-state index contributed by atoms with van der Waals surface area (Å²) in [6.07, 6.45) is 1.05. The Kier molecular flexibility index (Phi) is 7.39. The highest BCUT2D eigenvalue weighted by Crippen LogP contribution is 2.18. The Bertz CT molecular complexity index is 698. The van der Waals surface area contributed by atoms with E-state index in [0.29, 0.717) is 12.8 Å². The third kappa shape index (κ3) is 5.73. The summed E-state index contributed by atoms with van der Waals surface area (Å²) in [6, 6.07) is 18.9. The molecule has 4 nitrogen and oxygen atoms in total. The van der Waals surface area contributed by atoms with E-state index < -0.39 is 12.0 Å². The van der Waals surface area contributed by atoms with Gasteiger partial charge in [-0.1, -0.05) is 74.5 Å². The molecule has 0 saturated carbocycles. The molecule has 26 heavy (non-hydrogen) atoms. The van der Waals surface area contributed by atoms with E-state index in [1.807, 2.05) is 74.5 Å². The molecule has 0 fully saturated rings. The molecule has 0 unspecified atom stereocenters. The number of ether oxygens (including phenoxy) is 1. The average molecular weight is 353 g/mol. The summed E-state index contributed by atoms with van der Waals surface area (Å²) in [5.41, 5.74) is 2.09. The van der Waals surface area contributed by atoms with Crippen molar-refractivity contribution in [2.24, 2.45) is 11.8 Å². The monoisotopic (exact) mass is 353 g/mol. The van der Waals surface area contributed by atoms with Gasteiger partial charge in [0.25, 0.3) is 0 Å². The minimum Gasteiger partial charge on any atom is -0.467 e. The van der Waals surface area contributed by atoms with Crippen LogP contribution in [-0.2, 0) is 27.2 Å². The van der Waals surface area contributed by atoms with Gasteiger partial charge in [0.1, 0.15) is 6.04 Å². The number of hydrogen-bond donors (Lipinski definition) is 1. The molecule has 0 saturated heterocycles. The SMILES string of the molecule is COC(=O)[C@H](Cc1ccccc1)NC(=O)[C@H](Cc1ccccc1)C(C)C. The number of amides is 1. The number of methoxy groups -OCH3 is 1. The molecule has 1 N–H and O–H groups in total. The van der Waals surface area contributed by atoms with Crippen LogP contribution in [0.15, 0.2) is 60.7 Å². The number of carbonyl (C=O) groups is 2. The summed E-state index contributed by atoms with van der Waals surface area (Å²) in [5.74, 6) is -0.592. The Labute approximate surface area is 155 Å². The lowest BCUT2D eigenvalue weighted by atomic mass is 9.88. The van der Waals surface area contributed by atoms with Crippen LogP contribution in [0.2, 0.25) is 0 Å². The number of nitrogens with one attached hydrogen (secondary N) is 1. The first kappa shape index (κ1) is 19.7. The second-order valence-corrected chi connectivity index (χ2v) is 6.81. The van der Waals surface area contributed by atoms with Crippen molar-refractivity contribution in [3.8, 4) is 0 Å². The first-order chi connectivity index (χ1) is 12.5. The molecule has 2 aromatic rings. The molecule has 0 aliphatic carbocycles. The van der Waals surface area contributed by atoms with Gasteiger partial charge in [0.15, 0.2) is 0 Å². The van der Waals surface area contributed by atoms with Crippen molar-refractivity contribution in [3.63, 3.8) is 0 Å². The third-order valence-corrected chi connectivity index (χ3v) is 4.52. The zero-order chi connectivity index (χ0) is 18.9. The second kappa shape index (κ2) is 9.76. The fraction of sp³-hybridized carbons (Fsp3) is 0.364. The summed E-state index contributed by atoms with van der Waals surface area (Å²) in [5, 5.41) is 2.90. The van der Waals surface area contributed by atoms with E-state index in [1.165, 1.54) is 7.11 Å². The van der Waals surface area contributed by atoms with Crippen LogP contribution in [0.25, 0.3) is 0 Å². The molecule has 0 spiro atoms. The summed E-state index contributed by atoms with van der Waals surface area (Å²) < 4.78 is 4.89. The van der Waals surface area contributed by atoms with E-state index in [2.05, 4.69) is 5.32 Å². The molecule has 0 bridgehead atoms. The highest BCUT2D eigenvalue weighted by atomic mass is 16.5. The van der Waals surface area contributed by atoms with Gasteiger partial charge in [-0.3, -0.25) is 4.79 Å². The van der Waals surface area contributed by atoms with Gasteiger partial charge in [-0.15, -0.1) is 0 Å². The van der Waals surface area contributed by atoms with Crippen LogP contribution in [0.3, 0.4) is 0 Å². The molecule has 138 valence electrons. The molecule has 4 heteroatoms. The lowest BCUT2D eigenvalue weighted by molar-refractivity contribution is -0.145. The zero-order valence-electron chi connectivity index (χ0n) is 15.6. The van der Waals surface area contributed by atoms with Crippen LogP contribution in [0, 0.1) is 11.8 Å². The third-order valence-electron chi connectivity index (χ3n) is 4.52. The van der Waals surface area contributed by atoms with Crippen molar-refractivity contribution < 1.29 is 14.3 Å². The van der Waals surface area contributed by atoms with Crippen molar-refractivity contribution in [1.29, 1.82) is 0 Å². The fourth-order valence-electron chi connectivity index (χ4n) is 2.96. The topological polar surface area (TPSA) is 55.4 Å². The van der Waals surface area contributed by atoms with Gasteiger partial charge in [-0.25, -0.2) is 4.79 Å². The molecule has 2 rings (SSSR count). The number of carbonyl (C=O) groups excluding carboxylic acids is 2. The summed E-state index contributed by atoms with van der Waals surface area (Å²) >= 11 is 0.